The van der Waals surface area contributed by atoms with Gasteiger partial charge in [0, 0.05) is 0 Å². The molecule has 0 unspecified atom stereocenters. The van der Waals surface area contributed by atoms with Gasteiger partial charge in [0.2, 0.25) is 0 Å². The largest absolute Gasteiger partial charge is 0.330 e. The molecular weight excluding hydrogens is 110 g/mol. The highest BCUT2D eigenvalue weighted by Crippen LogP contribution is 1.98. The number of hydrogen-bond acceptors (Lipinski definition) is 1. The molecule has 0 saturated heterocycles. The standard InChI is InChI=1S/C8H13N/c1-3-5-8(2)6-4-7-9/h1,4,6-7,9H2,2H3. The van der Waals surface area contributed by atoms with E-state index < -0.39 is 0 Å². The van der Waals surface area contributed by atoms with Gasteiger partial charge in [0.25, 0.3) is 0 Å². The zero-order valence-electron chi connectivity index (χ0n) is 5.91. The number of rotatable bonds is 3. The summed E-state index contributed by atoms with van der Waals surface area (Å²) in [6.45, 7) is 6.17. The van der Waals surface area contributed by atoms with Crippen molar-refractivity contribution in [3.8, 4) is 0 Å². The van der Waals surface area contributed by atoms with Crippen LogP contribution in [0, 0.1) is 0 Å². The monoisotopic (exact) mass is 123 g/mol. The fourth-order valence-corrected chi connectivity index (χ4v) is 0.581. The Hall–Kier alpha value is -0.740. The van der Waals surface area contributed by atoms with Crippen LogP contribution < -0.4 is 5.73 Å². The maximum atomic E-state index is 5.30. The van der Waals surface area contributed by atoms with Crippen LogP contribution in [0.2, 0.25) is 0 Å². The Kier molecular flexibility index (Phi) is 4.95. The van der Waals surface area contributed by atoms with E-state index in [-0.39, 0.29) is 0 Å². The second kappa shape index (κ2) is 5.40. The SMILES string of the molecule is C=C=C=C(C)CCCN. The summed E-state index contributed by atoms with van der Waals surface area (Å²) in [5.74, 6) is 0. The molecule has 0 fully saturated rings. The third-order valence-corrected chi connectivity index (χ3v) is 1.06. The molecule has 1 heteroatoms. The molecule has 0 amide bonds. The zero-order valence-corrected chi connectivity index (χ0v) is 5.91. The third-order valence-electron chi connectivity index (χ3n) is 1.06. The second-order valence-electron chi connectivity index (χ2n) is 1.97. The van der Waals surface area contributed by atoms with Gasteiger partial charge in [-0.3, -0.25) is 0 Å². The van der Waals surface area contributed by atoms with Crippen LogP contribution in [0.1, 0.15) is 19.8 Å². The molecule has 0 bridgehead atoms. The van der Waals surface area contributed by atoms with E-state index in [1.165, 1.54) is 5.57 Å². The van der Waals surface area contributed by atoms with Crippen molar-refractivity contribution in [3.05, 3.63) is 23.6 Å². The van der Waals surface area contributed by atoms with Crippen molar-refractivity contribution in [1.82, 2.24) is 0 Å². The topological polar surface area (TPSA) is 26.0 Å². The van der Waals surface area contributed by atoms with Crippen LogP contribution in [0.5, 0.6) is 0 Å². The summed E-state index contributed by atoms with van der Waals surface area (Å²) in [5.41, 5.74) is 12.0. The Morgan fingerprint density at radius 3 is 2.78 bits per heavy atom. The lowest BCUT2D eigenvalue weighted by Gasteiger charge is -1.91. The van der Waals surface area contributed by atoms with Crippen molar-refractivity contribution in [2.24, 2.45) is 5.73 Å². The summed E-state index contributed by atoms with van der Waals surface area (Å²) < 4.78 is 0. The smallest absolute Gasteiger partial charge is 0.00740 e. The van der Waals surface area contributed by atoms with Gasteiger partial charge in [0.1, 0.15) is 0 Å². The summed E-state index contributed by atoms with van der Waals surface area (Å²) in [7, 11) is 0. The molecule has 1 nitrogen and oxygen atoms in total. The Morgan fingerprint density at radius 2 is 2.33 bits per heavy atom. The fraction of sp³-hybridized carbons (Fsp3) is 0.500. The van der Waals surface area contributed by atoms with E-state index in [4.69, 9.17) is 5.73 Å². The Morgan fingerprint density at radius 1 is 1.67 bits per heavy atom. The normalized spacial score (nSPS) is 7.78. The second-order valence-corrected chi connectivity index (χ2v) is 1.97. The average Bonchev–Trinajstić information content (AvgIpc) is 1.85. The van der Waals surface area contributed by atoms with Crippen LogP contribution in [0.4, 0.5) is 0 Å². The van der Waals surface area contributed by atoms with Crippen LogP contribution in [-0.2, 0) is 0 Å². The highest BCUT2D eigenvalue weighted by Gasteiger charge is 1.84. The van der Waals surface area contributed by atoms with Crippen LogP contribution in [0.15, 0.2) is 23.6 Å². The summed E-state index contributed by atoms with van der Waals surface area (Å²) >= 11 is 0. The maximum Gasteiger partial charge on any atom is -0.00740 e. The zero-order chi connectivity index (χ0) is 7.11. The molecule has 50 valence electrons. The van der Waals surface area contributed by atoms with E-state index >= 15 is 0 Å². The fourth-order valence-electron chi connectivity index (χ4n) is 0.581. The number of allylic oxidation sites excluding steroid dienone is 1. The molecule has 0 aliphatic heterocycles. The van der Waals surface area contributed by atoms with E-state index in [2.05, 4.69) is 18.0 Å². The minimum Gasteiger partial charge on any atom is -0.330 e. The van der Waals surface area contributed by atoms with Gasteiger partial charge in [0.05, 0.1) is 0 Å². The maximum absolute atomic E-state index is 5.30. The number of nitrogens with two attached hydrogens (primary N) is 1. The Balaban J connectivity index is 3.63. The first kappa shape index (κ1) is 8.26. The van der Waals surface area contributed by atoms with Gasteiger partial charge >= 0.3 is 0 Å². The minimum atomic E-state index is 0.746. The molecule has 0 saturated carbocycles. The predicted molar refractivity (Wildman–Crippen MR) is 40.1 cm³/mol. The summed E-state index contributed by atoms with van der Waals surface area (Å²) in [6, 6.07) is 0. The van der Waals surface area contributed by atoms with E-state index in [1.54, 1.807) is 0 Å². The van der Waals surface area contributed by atoms with E-state index in [0.29, 0.717) is 0 Å². The van der Waals surface area contributed by atoms with Gasteiger partial charge in [0.15, 0.2) is 0 Å². The lowest BCUT2D eigenvalue weighted by Crippen LogP contribution is -1.97. The molecule has 0 heterocycles. The molecule has 0 aromatic rings. The Bertz CT molecular complexity index is 146. The van der Waals surface area contributed by atoms with Crippen molar-refractivity contribution in [2.75, 3.05) is 6.54 Å². The van der Waals surface area contributed by atoms with Gasteiger partial charge < -0.3 is 5.73 Å². The molecule has 0 aliphatic rings. The van der Waals surface area contributed by atoms with Crippen molar-refractivity contribution in [2.45, 2.75) is 19.8 Å². The third kappa shape index (κ3) is 5.13. The lowest BCUT2D eigenvalue weighted by atomic mass is 10.2. The first-order valence-corrected chi connectivity index (χ1v) is 3.12. The highest BCUT2D eigenvalue weighted by atomic mass is 14.5. The minimum absolute atomic E-state index is 0.746. The van der Waals surface area contributed by atoms with E-state index in [1.807, 2.05) is 6.92 Å². The van der Waals surface area contributed by atoms with Crippen LogP contribution in [0.25, 0.3) is 0 Å². The van der Waals surface area contributed by atoms with Crippen molar-refractivity contribution < 1.29 is 0 Å². The molecule has 0 rings (SSSR count). The molecule has 0 radical (unpaired) electrons. The van der Waals surface area contributed by atoms with Crippen LogP contribution >= 0.6 is 0 Å². The van der Waals surface area contributed by atoms with Crippen LogP contribution in [-0.4, -0.2) is 6.54 Å². The molecule has 0 aromatic heterocycles. The molecule has 0 atom stereocenters. The molecule has 0 spiro atoms. The van der Waals surface area contributed by atoms with E-state index in [9.17, 15) is 0 Å². The summed E-state index contributed by atoms with van der Waals surface area (Å²) in [4.78, 5) is 0. The molecule has 2 N–H and O–H groups in total. The summed E-state index contributed by atoms with van der Waals surface area (Å²) in [6.07, 6.45) is 2.04. The molecule has 0 aliphatic carbocycles. The molecule has 0 aromatic carbocycles. The number of hydrogen-bond donors (Lipinski definition) is 1. The van der Waals surface area contributed by atoms with E-state index in [0.717, 1.165) is 19.4 Å². The Labute approximate surface area is 56.6 Å². The van der Waals surface area contributed by atoms with Gasteiger partial charge in [-0.15, -0.1) is 0 Å². The lowest BCUT2D eigenvalue weighted by molar-refractivity contribution is 0.825. The van der Waals surface area contributed by atoms with Gasteiger partial charge in [-0.2, -0.15) is 0 Å². The molecule has 9 heavy (non-hydrogen) atoms. The molecular formula is C8H13N. The highest BCUT2D eigenvalue weighted by molar-refractivity contribution is 4.95. The van der Waals surface area contributed by atoms with Gasteiger partial charge in [-0.05, 0) is 38.5 Å². The van der Waals surface area contributed by atoms with Gasteiger partial charge in [-0.25, -0.2) is 0 Å². The van der Waals surface area contributed by atoms with Gasteiger partial charge in [-0.1, -0.05) is 11.5 Å². The van der Waals surface area contributed by atoms with Crippen molar-refractivity contribution in [1.29, 1.82) is 0 Å². The average molecular weight is 123 g/mol. The predicted octanol–water partition coefficient (Wildman–Crippen LogP) is 1.61. The first-order valence-electron chi connectivity index (χ1n) is 3.12. The summed E-state index contributed by atoms with van der Waals surface area (Å²) in [5, 5.41) is 0. The first-order chi connectivity index (χ1) is 4.31. The van der Waals surface area contributed by atoms with Crippen LogP contribution in [0.3, 0.4) is 0 Å². The quantitative estimate of drug-likeness (QED) is 0.567. The van der Waals surface area contributed by atoms with Crippen molar-refractivity contribution >= 4 is 0 Å². The van der Waals surface area contributed by atoms with Crippen molar-refractivity contribution in [3.63, 3.8) is 0 Å².